The minimum atomic E-state index is -0.0411. The fraction of sp³-hybridized carbons (Fsp3) is 0.600. The van der Waals surface area contributed by atoms with Crippen LogP contribution in [0.25, 0.3) is 0 Å². The minimum absolute atomic E-state index is 0.0411. The van der Waals surface area contributed by atoms with E-state index < -0.39 is 0 Å². The molecule has 1 aromatic rings. The molecule has 0 saturated heterocycles. The first-order valence-corrected chi connectivity index (χ1v) is 4.92. The predicted molar refractivity (Wildman–Crippen MR) is 55.4 cm³/mol. The molecule has 1 rings (SSSR count). The van der Waals surface area contributed by atoms with Crippen LogP contribution in [-0.2, 0) is 0 Å². The molecule has 4 heteroatoms. The van der Waals surface area contributed by atoms with Crippen molar-refractivity contribution in [2.24, 2.45) is 0 Å². The number of aryl methyl sites for hydroxylation is 2. The molecule has 0 fully saturated rings. The zero-order chi connectivity index (χ0) is 10.7. The lowest BCUT2D eigenvalue weighted by Crippen LogP contribution is -2.35. The van der Waals surface area contributed by atoms with Gasteiger partial charge in [0, 0.05) is 18.8 Å². The maximum Gasteiger partial charge on any atom is 0.344 e. The summed E-state index contributed by atoms with van der Waals surface area (Å²) in [5.41, 5.74) is 1.77. The Balaban J connectivity index is 2.93. The molecule has 4 nitrogen and oxygen atoms in total. The van der Waals surface area contributed by atoms with Gasteiger partial charge < -0.3 is 4.90 Å². The Kier molecular flexibility index (Phi) is 3.28. The van der Waals surface area contributed by atoms with Crippen molar-refractivity contribution < 1.29 is 4.79 Å². The predicted octanol–water partition coefficient (Wildman–Crippen LogP) is 1.81. The lowest BCUT2D eigenvalue weighted by Gasteiger charge is -2.18. The number of amides is 1. The quantitative estimate of drug-likeness (QED) is 0.721. The van der Waals surface area contributed by atoms with E-state index in [0.717, 1.165) is 11.4 Å². The van der Waals surface area contributed by atoms with Gasteiger partial charge >= 0.3 is 6.03 Å². The Bertz CT molecular complexity index is 326. The van der Waals surface area contributed by atoms with Crippen molar-refractivity contribution in [2.45, 2.75) is 27.7 Å². The summed E-state index contributed by atoms with van der Waals surface area (Å²) in [6.07, 6.45) is 0. The normalized spacial score (nSPS) is 10.3. The molecule has 0 N–H and O–H groups in total. The van der Waals surface area contributed by atoms with E-state index in [4.69, 9.17) is 0 Å². The number of carbonyl (C=O) groups is 1. The minimum Gasteiger partial charge on any atom is -0.323 e. The molecule has 0 aliphatic heterocycles. The number of carbonyl (C=O) groups excluding carboxylic acids is 1. The largest absolute Gasteiger partial charge is 0.344 e. The first kappa shape index (κ1) is 10.8. The summed E-state index contributed by atoms with van der Waals surface area (Å²) in [6, 6.07) is 1.86. The van der Waals surface area contributed by atoms with Crippen LogP contribution in [-0.4, -0.2) is 33.8 Å². The lowest BCUT2D eigenvalue weighted by molar-refractivity contribution is 0.201. The first-order chi connectivity index (χ1) is 6.60. The van der Waals surface area contributed by atoms with Gasteiger partial charge in [-0.25, -0.2) is 4.79 Å². The van der Waals surface area contributed by atoms with E-state index in [9.17, 15) is 4.79 Å². The molecular formula is C10H17N3O. The molecule has 1 aromatic heterocycles. The zero-order valence-corrected chi connectivity index (χ0v) is 9.24. The number of hydrogen-bond acceptors (Lipinski definition) is 2. The third kappa shape index (κ3) is 1.95. The SMILES string of the molecule is CCN(CC)C(=O)n1nc(C)cc1C. The summed E-state index contributed by atoms with van der Waals surface area (Å²) in [7, 11) is 0. The van der Waals surface area contributed by atoms with Crippen LogP contribution in [0, 0.1) is 13.8 Å². The Hall–Kier alpha value is -1.32. The van der Waals surface area contributed by atoms with E-state index in [1.807, 2.05) is 33.8 Å². The van der Waals surface area contributed by atoms with Gasteiger partial charge in [-0.2, -0.15) is 9.78 Å². The lowest BCUT2D eigenvalue weighted by atomic mass is 10.4. The summed E-state index contributed by atoms with van der Waals surface area (Å²) >= 11 is 0. The van der Waals surface area contributed by atoms with Crippen molar-refractivity contribution in [2.75, 3.05) is 13.1 Å². The van der Waals surface area contributed by atoms with Crippen LogP contribution >= 0.6 is 0 Å². The Labute approximate surface area is 84.5 Å². The smallest absolute Gasteiger partial charge is 0.323 e. The molecule has 0 bridgehead atoms. The molecule has 0 radical (unpaired) electrons. The van der Waals surface area contributed by atoms with Crippen molar-refractivity contribution in [3.05, 3.63) is 17.5 Å². The molecule has 0 aromatic carbocycles. The second-order valence-corrected chi connectivity index (χ2v) is 3.29. The molecule has 0 atom stereocenters. The molecule has 78 valence electrons. The van der Waals surface area contributed by atoms with Crippen molar-refractivity contribution in [3.8, 4) is 0 Å². The second-order valence-electron chi connectivity index (χ2n) is 3.29. The van der Waals surface area contributed by atoms with Gasteiger partial charge in [-0.15, -0.1) is 0 Å². The molecule has 0 spiro atoms. The van der Waals surface area contributed by atoms with Gasteiger partial charge in [-0.1, -0.05) is 0 Å². The van der Waals surface area contributed by atoms with E-state index in [1.165, 1.54) is 4.68 Å². The van der Waals surface area contributed by atoms with Gasteiger partial charge in [0.1, 0.15) is 0 Å². The van der Waals surface area contributed by atoms with Crippen molar-refractivity contribution in [1.29, 1.82) is 0 Å². The van der Waals surface area contributed by atoms with E-state index in [-0.39, 0.29) is 6.03 Å². The fourth-order valence-corrected chi connectivity index (χ4v) is 1.45. The summed E-state index contributed by atoms with van der Waals surface area (Å²) in [5.74, 6) is 0. The molecule has 14 heavy (non-hydrogen) atoms. The Morgan fingerprint density at radius 1 is 1.43 bits per heavy atom. The van der Waals surface area contributed by atoms with Crippen LogP contribution in [0.1, 0.15) is 25.2 Å². The van der Waals surface area contributed by atoms with Crippen LogP contribution in [0.5, 0.6) is 0 Å². The molecule has 1 heterocycles. The topological polar surface area (TPSA) is 38.1 Å². The number of rotatable bonds is 2. The summed E-state index contributed by atoms with van der Waals surface area (Å²) in [6.45, 7) is 9.14. The van der Waals surface area contributed by atoms with Crippen LogP contribution < -0.4 is 0 Å². The summed E-state index contributed by atoms with van der Waals surface area (Å²) in [4.78, 5) is 13.6. The molecule has 1 amide bonds. The number of aromatic nitrogens is 2. The highest BCUT2D eigenvalue weighted by atomic mass is 16.2. The monoisotopic (exact) mass is 195 g/mol. The van der Waals surface area contributed by atoms with Crippen LogP contribution in [0.3, 0.4) is 0 Å². The fourth-order valence-electron chi connectivity index (χ4n) is 1.45. The van der Waals surface area contributed by atoms with Gasteiger partial charge in [-0.3, -0.25) is 0 Å². The van der Waals surface area contributed by atoms with E-state index >= 15 is 0 Å². The molecule has 0 unspecified atom stereocenters. The third-order valence-corrected chi connectivity index (χ3v) is 2.22. The Morgan fingerprint density at radius 3 is 2.36 bits per heavy atom. The summed E-state index contributed by atoms with van der Waals surface area (Å²) < 4.78 is 1.46. The first-order valence-electron chi connectivity index (χ1n) is 4.92. The van der Waals surface area contributed by atoms with Crippen molar-refractivity contribution in [1.82, 2.24) is 14.7 Å². The zero-order valence-electron chi connectivity index (χ0n) is 9.24. The maximum absolute atomic E-state index is 11.9. The molecule has 0 saturated carbocycles. The van der Waals surface area contributed by atoms with Gasteiger partial charge in [-0.05, 0) is 33.8 Å². The molecular weight excluding hydrogens is 178 g/mol. The highest BCUT2D eigenvalue weighted by molar-refractivity contribution is 5.76. The molecule has 0 aliphatic carbocycles. The third-order valence-electron chi connectivity index (χ3n) is 2.22. The number of nitrogens with zero attached hydrogens (tertiary/aromatic N) is 3. The van der Waals surface area contributed by atoms with Crippen molar-refractivity contribution >= 4 is 6.03 Å². The van der Waals surface area contributed by atoms with Gasteiger partial charge in [0.25, 0.3) is 0 Å². The van der Waals surface area contributed by atoms with Crippen LogP contribution in [0.4, 0.5) is 4.79 Å². The van der Waals surface area contributed by atoms with Gasteiger partial charge in [0.15, 0.2) is 0 Å². The van der Waals surface area contributed by atoms with Crippen LogP contribution in [0.2, 0.25) is 0 Å². The number of hydrogen-bond donors (Lipinski definition) is 0. The highest BCUT2D eigenvalue weighted by Gasteiger charge is 2.14. The average molecular weight is 195 g/mol. The van der Waals surface area contributed by atoms with E-state index in [1.54, 1.807) is 4.90 Å². The van der Waals surface area contributed by atoms with Crippen LogP contribution in [0.15, 0.2) is 6.07 Å². The highest BCUT2D eigenvalue weighted by Crippen LogP contribution is 2.04. The van der Waals surface area contributed by atoms with Crippen molar-refractivity contribution in [3.63, 3.8) is 0 Å². The second kappa shape index (κ2) is 4.26. The van der Waals surface area contributed by atoms with Gasteiger partial charge in [0.05, 0.1) is 5.69 Å². The Morgan fingerprint density at radius 2 is 2.00 bits per heavy atom. The standard InChI is InChI=1S/C10H17N3O/c1-5-12(6-2)10(14)13-9(4)7-8(3)11-13/h7H,5-6H2,1-4H3. The summed E-state index contributed by atoms with van der Waals surface area (Å²) in [5, 5.41) is 4.15. The average Bonchev–Trinajstić information content (AvgIpc) is 2.47. The van der Waals surface area contributed by atoms with E-state index in [2.05, 4.69) is 5.10 Å². The maximum atomic E-state index is 11.9. The molecule has 0 aliphatic rings. The van der Waals surface area contributed by atoms with E-state index in [0.29, 0.717) is 13.1 Å². The van der Waals surface area contributed by atoms with Gasteiger partial charge in [0.2, 0.25) is 0 Å².